The summed E-state index contributed by atoms with van der Waals surface area (Å²) in [6.45, 7) is 2.22. The zero-order valence-corrected chi connectivity index (χ0v) is 9.57. The highest BCUT2D eigenvalue weighted by molar-refractivity contribution is 5.92. The number of rotatable bonds is 0. The number of nitrogens with zero attached hydrogens (tertiary/aromatic N) is 3. The second-order valence-electron chi connectivity index (χ2n) is 4.79. The Kier molecular flexibility index (Phi) is 1.62. The molecule has 0 saturated heterocycles. The SMILES string of the molecule is CC1CCc2nc3cc4[nH]ncc4cc3nc21. The summed E-state index contributed by atoms with van der Waals surface area (Å²) in [5.74, 6) is 0.543. The van der Waals surface area contributed by atoms with Crippen LogP contribution >= 0.6 is 0 Å². The standard InChI is InChI=1S/C13H12N4/c1-7-2-3-9-13(7)16-11-4-8-6-14-17-10(8)5-12(11)15-9/h4-7H,2-3H2,1H3,(H,14,17). The highest BCUT2D eigenvalue weighted by Crippen LogP contribution is 2.31. The van der Waals surface area contributed by atoms with Gasteiger partial charge < -0.3 is 0 Å². The van der Waals surface area contributed by atoms with Crippen LogP contribution in [0.25, 0.3) is 21.9 Å². The Morgan fingerprint density at radius 1 is 1.24 bits per heavy atom. The molecule has 84 valence electrons. The first-order chi connectivity index (χ1) is 8.31. The Labute approximate surface area is 98.1 Å². The molecule has 1 aromatic carbocycles. The summed E-state index contributed by atoms with van der Waals surface area (Å²) in [6, 6.07) is 4.10. The van der Waals surface area contributed by atoms with Gasteiger partial charge in [0.2, 0.25) is 0 Å². The molecule has 1 aliphatic carbocycles. The quantitative estimate of drug-likeness (QED) is 0.638. The maximum absolute atomic E-state index is 4.76. The van der Waals surface area contributed by atoms with Crippen molar-refractivity contribution >= 4 is 21.9 Å². The van der Waals surface area contributed by atoms with Gasteiger partial charge in [0.05, 0.1) is 34.1 Å². The van der Waals surface area contributed by atoms with E-state index in [1.165, 1.54) is 17.8 Å². The van der Waals surface area contributed by atoms with Gasteiger partial charge >= 0.3 is 0 Å². The Balaban J connectivity index is 2.10. The number of aromatic nitrogens is 4. The second-order valence-corrected chi connectivity index (χ2v) is 4.79. The lowest BCUT2D eigenvalue weighted by Crippen LogP contribution is -1.96. The van der Waals surface area contributed by atoms with E-state index in [-0.39, 0.29) is 0 Å². The second kappa shape index (κ2) is 3.03. The van der Waals surface area contributed by atoms with Crippen molar-refractivity contribution in [3.8, 4) is 0 Å². The number of hydrogen-bond donors (Lipinski definition) is 1. The Hall–Kier alpha value is -1.97. The number of H-pyrrole nitrogens is 1. The predicted octanol–water partition coefficient (Wildman–Crippen LogP) is 2.56. The monoisotopic (exact) mass is 224 g/mol. The molecule has 1 unspecified atom stereocenters. The van der Waals surface area contributed by atoms with E-state index < -0.39 is 0 Å². The van der Waals surface area contributed by atoms with Crippen molar-refractivity contribution in [3.63, 3.8) is 0 Å². The number of fused-ring (bicyclic) bond motifs is 3. The summed E-state index contributed by atoms with van der Waals surface area (Å²) in [4.78, 5) is 9.49. The molecule has 17 heavy (non-hydrogen) atoms. The van der Waals surface area contributed by atoms with Crippen LogP contribution in [0.5, 0.6) is 0 Å². The molecule has 0 aliphatic heterocycles. The minimum Gasteiger partial charge on any atom is -0.278 e. The summed E-state index contributed by atoms with van der Waals surface area (Å²) >= 11 is 0. The number of benzene rings is 1. The molecule has 1 N–H and O–H groups in total. The summed E-state index contributed by atoms with van der Waals surface area (Å²) in [6.07, 6.45) is 4.05. The van der Waals surface area contributed by atoms with Gasteiger partial charge in [0.15, 0.2) is 0 Å². The van der Waals surface area contributed by atoms with Gasteiger partial charge in [-0.05, 0) is 25.0 Å². The molecule has 4 rings (SSSR count). The lowest BCUT2D eigenvalue weighted by atomic mass is 10.1. The molecular weight excluding hydrogens is 212 g/mol. The highest BCUT2D eigenvalue weighted by atomic mass is 15.1. The van der Waals surface area contributed by atoms with Crippen LogP contribution in [0.2, 0.25) is 0 Å². The number of aryl methyl sites for hydroxylation is 1. The molecule has 1 aliphatic rings. The van der Waals surface area contributed by atoms with Crippen molar-refractivity contribution in [2.45, 2.75) is 25.7 Å². The average Bonchev–Trinajstić information content (AvgIpc) is 2.91. The third-order valence-corrected chi connectivity index (χ3v) is 3.61. The Morgan fingerprint density at radius 3 is 3.06 bits per heavy atom. The first kappa shape index (κ1) is 9.10. The van der Waals surface area contributed by atoms with Crippen molar-refractivity contribution in [2.75, 3.05) is 0 Å². The zero-order valence-electron chi connectivity index (χ0n) is 9.57. The molecule has 0 fully saturated rings. The summed E-state index contributed by atoms with van der Waals surface area (Å²) < 4.78 is 0. The van der Waals surface area contributed by atoms with Gasteiger partial charge in [0.25, 0.3) is 0 Å². The lowest BCUT2D eigenvalue weighted by Gasteiger charge is -2.04. The minimum atomic E-state index is 0.543. The van der Waals surface area contributed by atoms with Gasteiger partial charge in [-0.25, -0.2) is 9.97 Å². The van der Waals surface area contributed by atoms with Crippen LogP contribution < -0.4 is 0 Å². The minimum absolute atomic E-state index is 0.543. The van der Waals surface area contributed by atoms with E-state index in [1.807, 2.05) is 12.3 Å². The smallest absolute Gasteiger partial charge is 0.0912 e. The van der Waals surface area contributed by atoms with Crippen LogP contribution in [0.3, 0.4) is 0 Å². The Bertz CT molecular complexity index is 729. The maximum Gasteiger partial charge on any atom is 0.0912 e. The topological polar surface area (TPSA) is 54.5 Å². The van der Waals surface area contributed by atoms with Gasteiger partial charge in [-0.2, -0.15) is 5.10 Å². The van der Waals surface area contributed by atoms with Crippen molar-refractivity contribution < 1.29 is 0 Å². The number of hydrogen-bond acceptors (Lipinski definition) is 3. The Morgan fingerprint density at radius 2 is 2.12 bits per heavy atom. The van der Waals surface area contributed by atoms with Gasteiger partial charge in [-0.1, -0.05) is 6.92 Å². The van der Waals surface area contributed by atoms with Crippen LogP contribution in [0.15, 0.2) is 18.3 Å². The van der Waals surface area contributed by atoms with E-state index in [0.717, 1.165) is 28.4 Å². The molecule has 0 bridgehead atoms. The molecule has 2 aromatic heterocycles. The van der Waals surface area contributed by atoms with Crippen molar-refractivity contribution in [1.82, 2.24) is 20.2 Å². The molecule has 0 radical (unpaired) electrons. The first-order valence-corrected chi connectivity index (χ1v) is 5.95. The van der Waals surface area contributed by atoms with Gasteiger partial charge in [-0.3, -0.25) is 5.10 Å². The van der Waals surface area contributed by atoms with E-state index in [1.54, 1.807) is 0 Å². The highest BCUT2D eigenvalue weighted by Gasteiger charge is 2.22. The zero-order chi connectivity index (χ0) is 11.4. The van der Waals surface area contributed by atoms with Crippen molar-refractivity contribution in [2.24, 2.45) is 0 Å². The molecule has 4 nitrogen and oxygen atoms in total. The predicted molar refractivity (Wildman–Crippen MR) is 65.9 cm³/mol. The maximum atomic E-state index is 4.76. The molecule has 2 heterocycles. The fraction of sp³-hybridized carbons (Fsp3) is 0.308. The normalized spacial score (nSPS) is 19.0. The fourth-order valence-electron chi connectivity index (χ4n) is 2.61. The molecule has 0 saturated carbocycles. The summed E-state index contributed by atoms with van der Waals surface area (Å²) in [5, 5.41) is 8.10. The van der Waals surface area contributed by atoms with Gasteiger partial charge in [-0.15, -0.1) is 0 Å². The average molecular weight is 224 g/mol. The molecule has 0 amide bonds. The molecule has 0 spiro atoms. The fourth-order valence-corrected chi connectivity index (χ4v) is 2.61. The van der Waals surface area contributed by atoms with Crippen LogP contribution in [-0.4, -0.2) is 20.2 Å². The number of aromatic amines is 1. The number of nitrogens with one attached hydrogen (secondary N) is 1. The third kappa shape index (κ3) is 1.21. The largest absolute Gasteiger partial charge is 0.278 e. The van der Waals surface area contributed by atoms with E-state index >= 15 is 0 Å². The van der Waals surface area contributed by atoms with Crippen LogP contribution in [0.4, 0.5) is 0 Å². The first-order valence-electron chi connectivity index (χ1n) is 5.95. The van der Waals surface area contributed by atoms with E-state index in [4.69, 9.17) is 9.97 Å². The molecule has 4 heteroatoms. The van der Waals surface area contributed by atoms with Crippen LogP contribution in [0, 0.1) is 0 Å². The van der Waals surface area contributed by atoms with E-state index in [9.17, 15) is 0 Å². The lowest BCUT2D eigenvalue weighted by molar-refractivity contribution is 0.732. The van der Waals surface area contributed by atoms with Gasteiger partial charge in [0.1, 0.15) is 0 Å². The van der Waals surface area contributed by atoms with Crippen LogP contribution in [0.1, 0.15) is 30.7 Å². The van der Waals surface area contributed by atoms with Crippen LogP contribution in [-0.2, 0) is 6.42 Å². The van der Waals surface area contributed by atoms with Gasteiger partial charge in [0, 0.05) is 11.3 Å². The van der Waals surface area contributed by atoms with E-state index in [0.29, 0.717) is 5.92 Å². The third-order valence-electron chi connectivity index (χ3n) is 3.61. The summed E-state index contributed by atoms with van der Waals surface area (Å²) in [7, 11) is 0. The molecule has 1 atom stereocenters. The van der Waals surface area contributed by atoms with Crippen molar-refractivity contribution in [1.29, 1.82) is 0 Å². The molecule has 3 aromatic rings. The summed E-state index contributed by atoms with van der Waals surface area (Å²) in [5.41, 5.74) is 5.32. The van der Waals surface area contributed by atoms with Crippen molar-refractivity contribution in [3.05, 3.63) is 29.7 Å². The molecular formula is C13H12N4. The van der Waals surface area contributed by atoms with E-state index in [2.05, 4.69) is 23.2 Å².